The van der Waals surface area contributed by atoms with Crippen molar-refractivity contribution in [3.63, 3.8) is 0 Å². The lowest BCUT2D eigenvalue weighted by molar-refractivity contribution is -0.122. The van der Waals surface area contributed by atoms with Crippen LogP contribution < -0.4 is 10.9 Å². The summed E-state index contributed by atoms with van der Waals surface area (Å²) in [5.41, 5.74) is 2.20. The van der Waals surface area contributed by atoms with Gasteiger partial charge in [0.05, 0.1) is 4.91 Å². The summed E-state index contributed by atoms with van der Waals surface area (Å²) in [6, 6.07) is 12.2. The van der Waals surface area contributed by atoms with E-state index in [0.717, 1.165) is 19.3 Å². The van der Waals surface area contributed by atoms with Gasteiger partial charge in [0.15, 0.2) is 0 Å². The summed E-state index contributed by atoms with van der Waals surface area (Å²) in [7, 11) is 1.62. The van der Waals surface area contributed by atoms with Crippen LogP contribution in [-0.4, -0.2) is 46.5 Å². The molecule has 1 aliphatic heterocycles. The zero-order chi connectivity index (χ0) is 26.1. The number of carbonyl (C=O) groups is 1. The van der Waals surface area contributed by atoms with Gasteiger partial charge in [0.25, 0.3) is 11.5 Å². The first-order valence-corrected chi connectivity index (χ1v) is 13.3. The fourth-order valence-corrected chi connectivity index (χ4v) is 5.33. The molecule has 9 heteroatoms. The fourth-order valence-electron chi connectivity index (χ4n) is 4.04. The SMILES string of the molecule is CCCCn1c(NCCc2ccccc2)c(/C=C2/SC(=S)N(CCCOC)C2=O)c(C)c(C#N)c1=O. The summed E-state index contributed by atoms with van der Waals surface area (Å²) in [5.74, 6) is 0.464. The van der Waals surface area contributed by atoms with Gasteiger partial charge in [-0.15, -0.1) is 0 Å². The highest BCUT2D eigenvalue weighted by molar-refractivity contribution is 8.26. The Labute approximate surface area is 222 Å². The number of nitrogens with one attached hydrogen (secondary N) is 1. The number of hydrogen-bond donors (Lipinski definition) is 1. The maximum Gasteiger partial charge on any atom is 0.270 e. The number of amides is 1. The van der Waals surface area contributed by atoms with Crippen LogP contribution in [0.5, 0.6) is 0 Å². The van der Waals surface area contributed by atoms with E-state index in [2.05, 4.69) is 30.4 Å². The summed E-state index contributed by atoms with van der Waals surface area (Å²) in [5, 5.41) is 13.2. The largest absolute Gasteiger partial charge is 0.385 e. The minimum Gasteiger partial charge on any atom is -0.385 e. The lowest BCUT2D eigenvalue weighted by Crippen LogP contribution is -2.30. The maximum absolute atomic E-state index is 13.3. The van der Waals surface area contributed by atoms with Crippen molar-refractivity contribution in [2.75, 3.05) is 32.1 Å². The molecular formula is C27H32N4O3S2. The first kappa shape index (κ1) is 27.7. The van der Waals surface area contributed by atoms with E-state index in [4.69, 9.17) is 17.0 Å². The molecule has 36 heavy (non-hydrogen) atoms. The smallest absolute Gasteiger partial charge is 0.270 e. The molecule has 3 rings (SSSR count). The molecular weight excluding hydrogens is 492 g/mol. The molecule has 0 aliphatic carbocycles. The zero-order valence-electron chi connectivity index (χ0n) is 21.0. The van der Waals surface area contributed by atoms with Crippen LogP contribution in [0.15, 0.2) is 40.0 Å². The average Bonchev–Trinajstić information content (AvgIpc) is 3.14. The van der Waals surface area contributed by atoms with Gasteiger partial charge in [-0.05, 0) is 43.4 Å². The molecule has 0 spiro atoms. The van der Waals surface area contributed by atoms with E-state index in [0.29, 0.717) is 58.8 Å². The van der Waals surface area contributed by atoms with Crippen molar-refractivity contribution in [3.05, 3.63) is 67.8 Å². The Morgan fingerprint density at radius 3 is 2.61 bits per heavy atom. The van der Waals surface area contributed by atoms with Crippen LogP contribution >= 0.6 is 24.0 Å². The average molecular weight is 525 g/mol. The normalized spacial score (nSPS) is 14.5. The fraction of sp³-hybridized carbons (Fsp3) is 0.407. The molecule has 1 aromatic heterocycles. The molecule has 1 saturated heterocycles. The van der Waals surface area contributed by atoms with Crippen LogP contribution in [0.3, 0.4) is 0 Å². The van der Waals surface area contributed by atoms with E-state index < -0.39 is 0 Å². The highest BCUT2D eigenvalue weighted by Crippen LogP contribution is 2.35. The molecule has 2 aromatic rings. The molecule has 7 nitrogen and oxygen atoms in total. The van der Waals surface area contributed by atoms with Crippen LogP contribution in [0.4, 0.5) is 5.82 Å². The molecule has 1 fully saturated rings. The van der Waals surface area contributed by atoms with Gasteiger partial charge in [0, 0.05) is 38.9 Å². The second kappa shape index (κ2) is 13.4. The summed E-state index contributed by atoms with van der Waals surface area (Å²) >= 11 is 6.71. The number of thioether (sulfide) groups is 1. The number of nitriles is 1. The summed E-state index contributed by atoms with van der Waals surface area (Å²) < 4.78 is 7.25. The summed E-state index contributed by atoms with van der Waals surface area (Å²) in [6.07, 6.45) is 4.92. The Balaban J connectivity index is 2.03. The number of unbranched alkanes of at least 4 members (excludes halogenated alkanes) is 1. The number of anilines is 1. The highest BCUT2D eigenvalue weighted by atomic mass is 32.2. The van der Waals surface area contributed by atoms with Crippen molar-refractivity contribution < 1.29 is 9.53 Å². The number of ether oxygens (including phenoxy) is 1. The van der Waals surface area contributed by atoms with E-state index in [1.54, 1.807) is 29.6 Å². The first-order chi connectivity index (χ1) is 17.4. The van der Waals surface area contributed by atoms with E-state index in [-0.39, 0.29) is 17.0 Å². The Hall–Kier alpha value is -2.93. The summed E-state index contributed by atoms with van der Waals surface area (Å²) in [4.78, 5) is 28.5. The molecule has 0 atom stereocenters. The molecule has 190 valence electrons. The number of aromatic nitrogens is 1. The van der Waals surface area contributed by atoms with Crippen molar-refractivity contribution in [3.8, 4) is 6.07 Å². The third-order valence-electron chi connectivity index (χ3n) is 6.04. The van der Waals surface area contributed by atoms with Crippen LogP contribution in [0.1, 0.15) is 48.4 Å². The molecule has 1 aromatic carbocycles. The number of pyridine rings is 1. The monoisotopic (exact) mass is 524 g/mol. The molecule has 0 bridgehead atoms. The minimum absolute atomic E-state index is 0.0986. The molecule has 1 amide bonds. The predicted molar refractivity (Wildman–Crippen MR) is 150 cm³/mol. The van der Waals surface area contributed by atoms with E-state index in [1.807, 2.05) is 18.2 Å². The molecule has 2 heterocycles. The first-order valence-electron chi connectivity index (χ1n) is 12.1. The summed E-state index contributed by atoms with van der Waals surface area (Å²) in [6.45, 7) is 5.92. The number of rotatable bonds is 12. The third-order valence-corrected chi connectivity index (χ3v) is 7.42. The van der Waals surface area contributed by atoms with Gasteiger partial charge in [0.2, 0.25) is 0 Å². The lowest BCUT2D eigenvalue weighted by atomic mass is 10.0. The van der Waals surface area contributed by atoms with E-state index in [1.165, 1.54) is 17.3 Å². The third kappa shape index (κ3) is 6.44. The van der Waals surface area contributed by atoms with Crippen molar-refractivity contribution in [1.29, 1.82) is 5.26 Å². The van der Waals surface area contributed by atoms with Gasteiger partial charge < -0.3 is 10.1 Å². The van der Waals surface area contributed by atoms with Crippen molar-refractivity contribution in [1.82, 2.24) is 9.47 Å². The van der Waals surface area contributed by atoms with Crippen molar-refractivity contribution >= 4 is 46.1 Å². The van der Waals surface area contributed by atoms with Crippen LogP contribution in [-0.2, 0) is 22.5 Å². The van der Waals surface area contributed by atoms with Gasteiger partial charge in [-0.1, -0.05) is 67.7 Å². The highest BCUT2D eigenvalue weighted by Gasteiger charge is 2.32. The maximum atomic E-state index is 13.3. The zero-order valence-corrected chi connectivity index (χ0v) is 22.6. The quantitative estimate of drug-likeness (QED) is 0.244. The van der Waals surface area contributed by atoms with E-state index in [9.17, 15) is 14.9 Å². The standard InChI is InChI=1S/C27H32N4O3S2/c1-4-5-14-30-24(29-13-12-20-10-7-6-8-11-20)21(19(2)22(18-28)25(30)32)17-23-26(33)31(27(35)36-23)15-9-16-34-3/h6-8,10-11,17,29H,4-5,9,12-16H2,1-3H3/b23-17+. The van der Waals surface area contributed by atoms with Crippen LogP contribution in [0, 0.1) is 18.3 Å². The van der Waals surface area contributed by atoms with Crippen LogP contribution in [0.2, 0.25) is 0 Å². The number of hydrogen-bond acceptors (Lipinski definition) is 7. The molecule has 0 unspecified atom stereocenters. The number of nitrogens with zero attached hydrogens (tertiary/aromatic N) is 3. The van der Waals surface area contributed by atoms with Crippen molar-refractivity contribution in [2.45, 2.75) is 46.1 Å². The van der Waals surface area contributed by atoms with E-state index >= 15 is 0 Å². The van der Waals surface area contributed by atoms with Crippen molar-refractivity contribution in [2.24, 2.45) is 0 Å². The van der Waals surface area contributed by atoms with Gasteiger partial charge in [-0.3, -0.25) is 19.1 Å². The molecule has 1 N–H and O–H groups in total. The number of methoxy groups -OCH3 is 1. The number of benzene rings is 1. The van der Waals surface area contributed by atoms with Gasteiger partial charge in [0.1, 0.15) is 21.8 Å². The minimum atomic E-state index is -0.310. The number of thiocarbonyl (C=S) groups is 1. The second-order valence-electron chi connectivity index (χ2n) is 8.53. The molecule has 0 radical (unpaired) electrons. The lowest BCUT2D eigenvalue weighted by Gasteiger charge is -2.20. The van der Waals surface area contributed by atoms with Gasteiger partial charge in [-0.2, -0.15) is 5.26 Å². The Kier molecular flexibility index (Phi) is 10.3. The second-order valence-corrected chi connectivity index (χ2v) is 10.2. The topological polar surface area (TPSA) is 87.4 Å². The van der Waals surface area contributed by atoms with Crippen LogP contribution in [0.25, 0.3) is 6.08 Å². The van der Waals surface area contributed by atoms with Gasteiger partial charge in [-0.25, -0.2) is 0 Å². The Bertz CT molecular complexity index is 1230. The Morgan fingerprint density at radius 1 is 1.19 bits per heavy atom. The molecule has 1 aliphatic rings. The molecule has 0 saturated carbocycles. The van der Waals surface area contributed by atoms with Gasteiger partial charge >= 0.3 is 0 Å². The Morgan fingerprint density at radius 2 is 1.94 bits per heavy atom. The predicted octanol–water partition coefficient (Wildman–Crippen LogP) is 4.72. The number of carbonyl (C=O) groups excluding carboxylic acids is 1.